The predicted molar refractivity (Wildman–Crippen MR) is 99.5 cm³/mol. The van der Waals surface area contributed by atoms with Crippen LogP contribution in [0.3, 0.4) is 0 Å². The van der Waals surface area contributed by atoms with E-state index in [1.165, 1.54) is 4.88 Å². The van der Waals surface area contributed by atoms with Gasteiger partial charge in [-0.1, -0.05) is 51.1 Å². The van der Waals surface area contributed by atoms with E-state index in [0.717, 1.165) is 16.1 Å². The summed E-state index contributed by atoms with van der Waals surface area (Å²) in [6.07, 6.45) is -0.861. The quantitative estimate of drug-likeness (QED) is 0.518. The van der Waals surface area contributed by atoms with Crippen molar-refractivity contribution in [2.24, 2.45) is 0 Å². The van der Waals surface area contributed by atoms with Crippen molar-refractivity contribution >= 4 is 35.6 Å². The highest BCUT2D eigenvalue weighted by Gasteiger charge is 2.44. The van der Waals surface area contributed by atoms with Gasteiger partial charge in [-0.25, -0.2) is 0 Å². The number of aliphatic hydroxyl groups excluding tert-OH is 1. The molecule has 0 radical (unpaired) electrons. The monoisotopic (exact) mass is 398 g/mol. The summed E-state index contributed by atoms with van der Waals surface area (Å²) in [7, 11) is -2.18. The number of hydrogen-bond acceptors (Lipinski definition) is 3. The van der Waals surface area contributed by atoms with Crippen molar-refractivity contribution in [1.82, 2.24) is 0 Å². The second kappa shape index (κ2) is 6.97. The first-order valence-electron chi connectivity index (χ1n) is 7.35. The van der Waals surface area contributed by atoms with Gasteiger partial charge in [-0.15, -0.1) is 11.3 Å². The molecule has 1 N–H and O–H groups in total. The van der Waals surface area contributed by atoms with Crippen LogP contribution in [0, 0.1) is 0 Å². The lowest BCUT2D eigenvalue weighted by atomic mass is 10.2. The summed E-state index contributed by atoms with van der Waals surface area (Å²) in [4.78, 5) is 1.30. The first-order chi connectivity index (χ1) is 10.2. The molecule has 5 heteroatoms. The molecule has 2 unspecified atom stereocenters. The molecule has 2 rings (SSSR count). The lowest BCUT2D eigenvalue weighted by Gasteiger charge is -2.40. The Bertz CT molecular complexity index is 609. The van der Waals surface area contributed by atoms with Crippen LogP contribution in [0.5, 0.6) is 0 Å². The van der Waals surface area contributed by atoms with Crippen molar-refractivity contribution in [3.05, 3.63) is 56.7 Å². The SMILES string of the molecule is CC(C)(C)[Si](C)(Cc1cc(Br)cs1)OC(O)c1ccccc1. The zero-order chi connectivity index (χ0) is 16.4. The van der Waals surface area contributed by atoms with Crippen molar-refractivity contribution in [2.75, 3.05) is 0 Å². The van der Waals surface area contributed by atoms with Gasteiger partial charge in [0.05, 0.1) is 0 Å². The number of thiophene rings is 1. The van der Waals surface area contributed by atoms with Crippen LogP contribution in [0.15, 0.2) is 46.3 Å². The zero-order valence-corrected chi connectivity index (χ0v) is 16.9. The fourth-order valence-electron chi connectivity index (χ4n) is 2.19. The van der Waals surface area contributed by atoms with Crippen molar-refractivity contribution in [3.63, 3.8) is 0 Å². The Balaban J connectivity index is 2.22. The molecule has 0 saturated carbocycles. The topological polar surface area (TPSA) is 29.5 Å². The van der Waals surface area contributed by atoms with Gasteiger partial charge in [0.2, 0.25) is 8.32 Å². The number of halogens is 1. The maximum atomic E-state index is 10.5. The summed E-state index contributed by atoms with van der Waals surface area (Å²) >= 11 is 5.25. The van der Waals surface area contributed by atoms with Crippen LogP contribution in [-0.2, 0) is 10.5 Å². The molecule has 2 atom stereocenters. The first kappa shape index (κ1) is 17.9. The van der Waals surface area contributed by atoms with Crippen LogP contribution >= 0.6 is 27.3 Å². The van der Waals surface area contributed by atoms with Gasteiger partial charge in [0, 0.05) is 26.3 Å². The maximum Gasteiger partial charge on any atom is 0.204 e. The molecular formula is C17H23BrO2SSi. The summed E-state index contributed by atoms with van der Waals surface area (Å²) in [5.41, 5.74) is 0.817. The van der Waals surface area contributed by atoms with Crippen LogP contribution in [0.1, 0.15) is 37.5 Å². The van der Waals surface area contributed by atoms with Crippen LogP contribution in [0.4, 0.5) is 0 Å². The Morgan fingerprint density at radius 1 is 1.27 bits per heavy atom. The second-order valence-corrected chi connectivity index (χ2v) is 13.2. The van der Waals surface area contributed by atoms with Gasteiger partial charge >= 0.3 is 0 Å². The van der Waals surface area contributed by atoms with E-state index in [-0.39, 0.29) is 5.04 Å². The van der Waals surface area contributed by atoms with E-state index in [9.17, 15) is 5.11 Å². The molecule has 120 valence electrons. The molecule has 0 amide bonds. The molecule has 0 bridgehead atoms. The fraction of sp³-hybridized carbons (Fsp3) is 0.412. The maximum absolute atomic E-state index is 10.5. The molecule has 1 aromatic carbocycles. The molecule has 2 aromatic rings. The van der Waals surface area contributed by atoms with Gasteiger partial charge in [0.15, 0.2) is 6.29 Å². The zero-order valence-electron chi connectivity index (χ0n) is 13.5. The van der Waals surface area contributed by atoms with Crippen molar-refractivity contribution < 1.29 is 9.53 Å². The summed E-state index contributed by atoms with van der Waals surface area (Å²) in [6.45, 7) is 8.84. The average Bonchev–Trinajstić information content (AvgIpc) is 2.83. The van der Waals surface area contributed by atoms with Crippen molar-refractivity contribution in [2.45, 2.75) is 44.7 Å². The Morgan fingerprint density at radius 2 is 1.91 bits per heavy atom. The Kier molecular flexibility index (Phi) is 5.67. The van der Waals surface area contributed by atoms with E-state index >= 15 is 0 Å². The van der Waals surface area contributed by atoms with Gasteiger partial charge in [0.25, 0.3) is 0 Å². The highest BCUT2D eigenvalue weighted by atomic mass is 79.9. The van der Waals surface area contributed by atoms with Gasteiger partial charge in [0.1, 0.15) is 0 Å². The van der Waals surface area contributed by atoms with Crippen LogP contribution in [-0.4, -0.2) is 13.4 Å². The third kappa shape index (κ3) is 4.29. The van der Waals surface area contributed by atoms with Gasteiger partial charge in [-0.2, -0.15) is 0 Å². The third-order valence-corrected chi connectivity index (χ3v) is 11.1. The normalized spacial score (nSPS) is 16.3. The van der Waals surface area contributed by atoms with Gasteiger partial charge < -0.3 is 9.53 Å². The summed E-state index contributed by atoms with van der Waals surface area (Å²) in [6, 6.07) is 12.7. The molecule has 0 aliphatic heterocycles. The lowest BCUT2D eigenvalue weighted by molar-refractivity contribution is -0.0321. The average molecular weight is 399 g/mol. The smallest absolute Gasteiger partial charge is 0.204 e. The Hall–Kier alpha value is -0.463. The third-order valence-electron chi connectivity index (χ3n) is 4.18. The molecule has 0 fully saturated rings. The van der Waals surface area contributed by atoms with Crippen LogP contribution in [0.25, 0.3) is 0 Å². The van der Waals surface area contributed by atoms with Crippen LogP contribution in [0.2, 0.25) is 11.6 Å². The second-order valence-electron chi connectivity index (χ2n) is 6.77. The number of aliphatic hydroxyl groups is 1. The van der Waals surface area contributed by atoms with E-state index < -0.39 is 14.6 Å². The van der Waals surface area contributed by atoms with E-state index in [1.807, 2.05) is 30.3 Å². The number of benzene rings is 1. The minimum atomic E-state index is -2.18. The minimum absolute atomic E-state index is 0.0270. The number of hydrogen-bond donors (Lipinski definition) is 1. The van der Waals surface area contributed by atoms with Crippen molar-refractivity contribution in [3.8, 4) is 0 Å². The lowest BCUT2D eigenvalue weighted by Crippen LogP contribution is -2.47. The predicted octanol–water partition coefficient (Wildman–Crippen LogP) is 5.68. The van der Waals surface area contributed by atoms with Crippen LogP contribution < -0.4 is 0 Å². The Labute approximate surface area is 146 Å². The largest absolute Gasteiger partial charge is 0.388 e. The highest BCUT2D eigenvalue weighted by Crippen LogP contribution is 2.42. The molecule has 0 aliphatic rings. The molecule has 2 nitrogen and oxygen atoms in total. The van der Waals surface area contributed by atoms with Gasteiger partial charge in [-0.3, -0.25) is 0 Å². The van der Waals surface area contributed by atoms with E-state index in [1.54, 1.807) is 11.3 Å². The molecule has 0 spiro atoms. The van der Waals surface area contributed by atoms with E-state index in [0.29, 0.717) is 0 Å². The molecule has 1 aromatic heterocycles. The first-order valence-corrected chi connectivity index (χ1v) is 11.6. The molecule has 0 aliphatic carbocycles. The fourth-order valence-corrected chi connectivity index (χ4v) is 6.95. The summed E-state index contributed by atoms with van der Waals surface area (Å²) in [5, 5.41) is 12.6. The molecular weight excluding hydrogens is 376 g/mol. The Morgan fingerprint density at radius 3 is 2.41 bits per heavy atom. The van der Waals surface area contributed by atoms with Crippen molar-refractivity contribution in [1.29, 1.82) is 0 Å². The molecule has 0 saturated heterocycles. The summed E-state index contributed by atoms with van der Waals surface area (Å²) in [5.74, 6) is 0. The van der Waals surface area contributed by atoms with Gasteiger partial charge in [-0.05, 0) is 33.6 Å². The van der Waals surface area contributed by atoms with E-state index in [2.05, 4.69) is 54.7 Å². The highest BCUT2D eigenvalue weighted by molar-refractivity contribution is 9.10. The number of rotatable bonds is 5. The van der Waals surface area contributed by atoms with E-state index in [4.69, 9.17) is 4.43 Å². The standard InChI is InChI=1S/C17H23BrO2SSi/c1-17(2,3)22(4,12-15-10-14(18)11-21-15)20-16(19)13-8-6-5-7-9-13/h5-11,16,19H,12H2,1-4H3. The molecule has 1 heterocycles. The minimum Gasteiger partial charge on any atom is -0.388 e. The summed E-state index contributed by atoms with van der Waals surface area (Å²) < 4.78 is 7.40. The molecule has 22 heavy (non-hydrogen) atoms.